The SMILES string of the molecule is CCCC(OC)C(NC)c1cccc(OCC)c1. The first-order valence-electron chi connectivity index (χ1n) is 6.69. The van der Waals surface area contributed by atoms with Gasteiger partial charge in [-0.2, -0.15) is 0 Å². The van der Waals surface area contributed by atoms with Gasteiger partial charge >= 0.3 is 0 Å². The summed E-state index contributed by atoms with van der Waals surface area (Å²) in [6, 6.07) is 8.43. The van der Waals surface area contributed by atoms with Crippen molar-refractivity contribution in [2.75, 3.05) is 20.8 Å². The largest absolute Gasteiger partial charge is 0.494 e. The zero-order valence-electron chi connectivity index (χ0n) is 11.9. The van der Waals surface area contributed by atoms with Gasteiger partial charge in [-0.3, -0.25) is 0 Å². The maximum absolute atomic E-state index is 5.59. The molecule has 0 heterocycles. The van der Waals surface area contributed by atoms with Gasteiger partial charge in [-0.05, 0) is 38.1 Å². The number of rotatable bonds is 8. The predicted molar refractivity (Wildman–Crippen MR) is 75.1 cm³/mol. The Balaban J connectivity index is 2.89. The number of nitrogens with one attached hydrogen (secondary N) is 1. The molecule has 1 rings (SSSR count). The highest BCUT2D eigenvalue weighted by Crippen LogP contribution is 2.25. The fourth-order valence-corrected chi connectivity index (χ4v) is 2.24. The summed E-state index contributed by atoms with van der Waals surface area (Å²) in [5.74, 6) is 0.918. The number of hydrogen-bond acceptors (Lipinski definition) is 3. The molecule has 0 spiro atoms. The fraction of sp³-hybridized carbons (Fsp3) is 0.600. The van der Waals surface area contributed by atoms with E-state index in [4.69, 9.17) is 9.47 Å². The molecule has 0 saturated heterocycles. The van der Waals surface area contributed by atoms with Gasteiger partial charge in [0, 0.05) is 7.11 Å². The summed E-state index contributed by atoms with van der Waals surface area (Å²) in [5, 5.41) is 3.34. The van der Waals surface area contributed by atoms with Crippen molar-refractivity contribution in [1.29, 1.82) is 0 Å². The summed E-state index contributed by atoms with van der Waals surface area (Å²) in [6.45, 7) is 4.86. The summed E-state index contributed by atoms with van der Waals surface area (Å²) in [7, 11) is 3.75. The van der Waals surface area contributed by atoms with Gasteiger partial charge in [-0.15, -0.1) is 0 Å². The van der Waals surface area contributed by atoms with Crippen molar-refractivity contribution in [3.05, 3.63) is 29.8 Å². The van der Waals surface area contributed by atoms with E-state index in [1.807, 2.05) is 26.1 Å². The molecule has 0 radical (unpaired) electrons. The van der Waals surface area contributed by atoms with E-state index >= 15 is 0 Å². The van der Waals surface area contributed by atoms with E-state index in [-0.39, 0.29) is 12.1 Å². The summed E-state index contributed by atoms with van der Waals surface area (Å²) in [4.78, 5) is 0. The molecule has 1 aromatic rings. The molecule has 1 aromatic carbocycles. The standard InChI is InChI=1S/C15H25NO2/c1-5-8-14(17-4)15(16-3)12-9-7-10-13(11-12)18-6-2/h7,9-11,14-16H,5-6,8H2,1-4H3. The van der Waals surface area contributed by atoms with E-state index in [1.165, 1.54) is 5.56 Å². The minimum atomic E-state index is 0.192. The van der Waals surface area contributed by atoms with Crippen molar-refractivity contribution in [1.82, 2.24) is 5.32 Å². The summed E-state index contributed by atoms with van der Waals surface area (Å²) >= 11 is 0. The van der Waals surface area contributed by atoms with E-state index in [2.05, 4.69) is 24.4 Å². The number of benzene rings is 1. The lowest BCUT2D eigenvalue weighted by Gasteiger charge is -2.26. The van der Waals surface area contributed by atoms with Crippen LogP contribution in [0.4, 0.5) is 0 Å². The molecule has 3 heteroatoms. The molecule has 0 aliphatic rings. The van der Waals surface area contributed by atoms with Gasteiger partial charge < -0.3 is 14.8 Å². The van der Waals surface area contributed by atoms with E-state index in [0.29, 0.717) is 6.61 Å². The van der Waals surface area contributed by atoms with Crippen LogP contribution in [0.1, 0.15) is 38.3 Å². The van der Waals surface area contributed by atoms with Crippen LogP contribution in [-0.2, 0) is 4.74 Å². The van der Waals surface area contributed by atoms with Gasteiger partial charge in [0.05, 0.1) is 18.8 Å². The van der Waals surface area contributed by atoms with Crippen molar-refractivity contribution in [3.8, 4) is 5.75 Å². The van der Waals surface area contributed by atoms with Crippen molar-refractivity contribution < 1.29 is 9.47 Å². The van der Waals surface area contributed by atoms with Crippen LogP contribution in [0.25, 0.3) is 0 Å². The number of methoxy groups -OCH3 is 1. The Morgan fingerprint density at radius 2 is 2.06 bits per heavy atom. The second-order valence-electron chi connectivity index (χ2n) is 4.33. The average Bonchev–Trinajstić information content (AvgIpc) is 2.39. The van der Waals surface area contributed by atoms with Gasteiger partial charge in [-0.1, -0.05) is 25.5 Å². The molecule has 0 bridgehead atoms. The average molecular weight is 251 g/mol. The molecule has 0 fully saturated rings. The van der Waals surface area contributed by atoms with E-state index in [1.54, 1.807) is 7.11 Å². The first kappa shape index (κ1) is 15.0. The Kier molecular flexibility index (Phi) is 6.76. The van der Waals surface area contributed by atoms with Crippen molar-refractivity contribution in [2.24, 2.45) is 0 Å². The third-order valence-electron chi connectivity index (χ3n) is 3.09. The van der Waals surface area contributed by atoms with E-state index < -0.39 is 0 Å². The van der Waals surface area contributed by atoms with Crippen molar-refractivity contribution in [2.45, 2.75) is 38.8 Å². The zero-order chi connectivity index (χ0) is 13.4. The van der Waals surface area contributed by atoms with Gasteiger partial charge in [0.1, 0.15) is 5.75 Å². The fourth-order valence-electron chi connectivity index (χ4n) is 2.24. The molecule has 1 N–H and O–H groups in total. The normalized spacial score (nSPS) is 14.2. The second kappa shape index (κ2) is 8.11. The van der Waals surface area contributed by atoms with Gasteiger partial charge in [0.25, 0.3) is 0 Å². The Labute approximate surface area is 110 Å². The van der Waals surface area contributed by atoms with Gasteiger partial charge in [0.2, 0.25) is 0 Å². The van der Waals surface area contributed by atoms with Crippen LogP contribution in [-0.4, -0.2) is 26.9 Å². The summed E-state index contributed by atoms with van der Waals surface area (Å²) < 4.78 is 11.1. The van der Waals surface area contributed by atoms with Crippen LogP contribution in [0.15, 0.2) is 24.3 Å². The Morgan fingerprint density at radius 1 is 1.28 bits per heavy atom. The smallest absolute Gasteiger partial charge is 0.119 e. The van der Waals surface area contributed by atoms with Crippen LogP contribution in [0.2, 0.25) is 0 Å². The molecule has 3 nitrogen and oxygen atoms in total. The molecular weight excluding hydrogens is 226 g/mol. The first-order chi connectivity index (χ1) is 8.76. The quantitative estimate of drug-likeness (QED) is 0.770. The molecule has 2 atom stereocenters. The molecule has 18 heavy (non-hydrogen) atoms. The minimum Gasteiger partial charge on any atom is -0.494 e. The lowest BCUT2D eigenvalue weighted by molar-refractivity contribution is 0.0629. The van der Waals surface area contributed by atoms with Crippen LogP contribution >= 0.6 is 0 Å². The second-order valence-corrected chi connectivity index (χ2v) is 4.33. The number of likely N-dealkylation sites (N-methyl/N-ethyl adjacent to an activating group) is 1. The Morgan fingerprint density at radius 3 is 2.61 bits per heavy atom. The van der Waals surface area contributed by atoms with E-state index in [9.17, 15) is 0 Å². The Hall–Kier alpha value is -1.06. The highest BCUT2D eigenvalue weighted by molar-refractivity contribution is 5.31. The van der Waals surface area contributed by atoms with Crippen LogP contribution in [0, 0.1) is 0 Å². The molecule has 0 amide bonds. The third kappa shape index (κ3) is 4.00. The lowest BCUT2D eigenvalue weighted by atomic mass is 9.98. The predicted octanol–water partition coefficient (Wildman–Crippen LogP) is 3.16. The molecule has 2 unspecified atom stereocenters. The minimum absolute atomic E-state index is 0.192. The number of hydrogen-bond donors (Lipinski definition) is 1. The summed E-state index contributed by atoms with van der Waals surface area (Å²) in [6.07, 6.45) is 2.35. The summed E-state index contributed by atoms with van der Waals surface area (Å²) in [5.41, 5.74) is 1.21. The van der Waals surface area contributed by atoms with Gasteiger partial charge in [-0.25, -0.2) is 0 Å². The molecule has 0 saturated carbocycles. The zero-order valence-corrected chi connectivity index (χ0v) is 11.9. The van der Waals surface area contributed by atoms with E-state index in [0.717, 1.165) is 18.6 Å². The maximum atomic E-state index is 5.59. The molecule has 102 valence electrons. The highest BCUT2D eigenvalue weighted by atomic mass is 16.5. The highest BCUT2D eigenvalue weighted by Gasteiger charge is 2.20. The van der Waals surface area contributed by atoms with Crippen LogP contribution in [0.5, 0.6) is 5.75 Å². The molecular formula is C15H25NO2. The lowest BCUT2D eigenvalue weighted by Crippen LogP contribution is -2.30. The van der Waals surface area contributed by atoms with Crippen molar-refractivity contribution >= 4 is 0 Å². The Bertz CT molecular complexity index is 341. The van der Waals surface area contributed by atoms with Crippen LogP contribution < -0.4 is 10.1 Å². The molecule has 0 aliphatic carbocycles. The van der Waals surface area contributed by atoms with Crippen molar-refractivity contribution in [3.63, 3.8) is 0 Å². The maximum Gasteiger partial charge on any atom is 0.119 e. The monoisotopic (exact) mass is 251 g/mol. The topological polar surface area (TPSA) is 30.5 Å². The molecule has 0 aromatic heterocycles. The van der Waals surface area contributed by atoms with Gasteiger partial charge in [0.15, 0.2) is 0 Å². The van der Waals surface area contributed by atoms with Crippen LogP contribution in [0.3, 0.4) is 0 Å². The number of ether oxygens (including phenoxy) is 2. The first-order valence-corrected chi connectivity index (χ1v) is 6.69. The third-order valence-corrected chi connectivity index (χ3v) is 3.09. The molecule has 0 aliphatic heterocycles.